The Morgan fingerprint density at radius 3 is 2.93 bits per heavy atom. The smallest absolute Gasteiger partial charge is 0.135 e. The molecule has 0 bridgehead atoms. The second kappa shape index (κ2) is 3.47. The van der Waals surface area contributed by atoms with Crippen LogP contribution < -0.4 is 0 Å². The van der Waals surface area contributed by atoms with E-state index in [1.54, 1.807) is 0 Å². The summed E-state index contributed by atoms with van der Waals surface area (Å²) in [6.45, 7) is 0. The van der Waals surface area contributed by atoms with Crippen molar-refractivity contribution in [1.82, 2.24) is 9.55 Å². The van der Waals surface area contributed by atoms with E-state index in [4.69, 9.17) is 0 Å². The number of ketones is 1. The van der Waals surface area contributed by atoms with Gasteiger partial charge in [-0.2, -0.15) is 0 Å². The number of imidazole rings is 1. The van der Waals surface area contributed by atoms with Crippen LogP contribution in [0, 0.1) is 0 Å². The van der Waals surface area contributed by atoms with Crippen molar-refractivity contribution in [2.75, 3.05) is 0 Å². The van der Waals surface area contributed by atoms with Gasteiger partial charge in [0.25, 0.3) is 0 Å². The standard InChI is InChI=1S/C12H16N2O/c15-10-6-5-9(7-10)14-8-13-11-3-1-2-4-12(11)14/h8-9H,1-7H2. The molecule has 0 saturated heterocycles. The summed E-state index contributed by atoms with van der Waals surface area (Å²) in [4.78, 5) is 15.8. The molecule has 0 amide bonds. The van der Waals surface area contributed by atoms with Gasteiger partial charge in [-0.15, -0.1) is 0 Å². The quantitative estimate of drug-likeness (QED) is 0.701. The SMILES string of the molecule is O=C1CCC(n2cnc3c2CCCC3)C1. The Hall–Kier alpha value is -1.12. The summed E-state index contributed by atoms with van der Waals surface area (Å²) in [5.74, 6) is 0.415. The van der Waals surface area contributed by atoms with Gasteiger partial charge in [0.05, 0.1) is 12.0 Å². The lowest BCUT2D eigenvalue weighted by atomic mass is 10.0. The van der Waals surface area contributed by atoms with E-state index in [2.05, 4.69) is 9.55 Å². The topological polar surface area (TPSA) is 34.9 Å². The van der Waals surface area contributed by atoms with Crippen LogP contribution in [0.3, 0.4) is 0 Å². The molecule has 1 heterocycles. The lowest BCUT2D eigenvalue weighted by Crippen LogP contribution is -2.12. The highest BCUT2D eigenvalue weighted by atomic mass is 16.1. The fraction of sp³-hybridized carbons (Fsp3) is 0.667. The highest BCUT2D eigenvalue weighted by molar-refractivity contribution is 5.80. The molecule has 3 rings (SSSR count). The van der Waals surface area contributed by atoms with Gasteiger partial charge in [0.2, 0.25) is 0 Å². The largest absolute Gasteiger partial charge is 0.331 e. The molecular weight excluding hydrogens is 188 g/mol. The number of Topliss-reactive ketones (excluding diaryl/α,β-unsaturated/α-hetero) is 1. The molecule has 1 aromatic heterocycles. The number of hydrogen-bond acceptors (Lipinski definition) is 2. The highest BCUT2D eigenvalue weighted by Gasteiger charge is 2.26. The Bertz CT molecular complexity index is 394. The van der Waals surface area contributed by atoms with Gasteiger partial charge >= 0.3 is 0 Å². The maximum Gasteiger partial charge on any atom is 0.135 e. The van der Waals surface area contributed by atoms with E-state index < -0.39 is 0 Å². The lowest BCUT2D eigenvalue weighted by molar-refractivity contribution is -0.117. The van der Waals surface area contributed by atoms with Crippen LogP contribution in [0.1, 0.15) is 49.5 Å². The van der Waals surface area contributed by atoms with Crippen LogP contribution >= 0.6 is 0 Å². The second-order valence-electron chi connectivity index (χ2n) is 4.69. The molecule has 2 aliphatic carbocycles. The van der Waals surface area contributed by atoms with Crippen molar-refractivity contribution in [3.8, 4) is 0 Å². The van der Waals surface area contributed by atoms with Crippen molar-refractivity contribution in [3.63, 3.8) is 0 Å². The van der Waals surface area contributed by atoms with Crippen LogP contribution in [-0.2, 0) is 17.6 Å². The number of rotatable bonds is 1. The molecule has 2 aliphatic rings. The van der Waals surface area contributed by atoms with Gasteiger partial charge in [0.15, 0.2) is 0 Å². The first-order valence-corrected chi connectivity index (χ1v) is 5.91. The summed E-state index contributed by atoms with van der Waals surface area (Å²) < 4.78 is 2.28. The third-order valence-electron chi connectivity index (χ3n) is 3.67. The lowest BCUT2D eigenvalue weighted by Gasteiger charge is -2.18. The van der Waals surface area contributed by atoms with Crippen molar-refractivity contribution in [1.29, 1.82) is 0 Å². The minimum absolute atomic E-state index is 0.409. The van der Waals surface area contributed by atoms with Crippen LogP contribution in [0.15, 0.2) is 6.33 Å². The van der Waals surface area contributed by atoms with E-state index >= 15 is 0 Å². The predicted octanol–water partition coefficient (Wildman–Crippen LogP) is 2.06. The van der Waals surface area contributed by atoms with E-state index in [-0.39, 0.29) is 0 Å². The summed E-state index contributed by atoms with van der Waals surface area (Å²) in [6.07, 6.45) is 9.29. The fourth-order valence-corrected chi connectivity index (χ4v) is 2.84. The van der Waals surface area contributed by atoms with Gasteiger partial charge in [-0.3, -0.25) is 4.79 Å². The molecule has 0 N–H and O–H groups in total. The molecule has 3 heteroatoms. The average molecular weight is 204 g/mol. The molecule has 3 nitrogen and oxygen atoms in total. The van der Waals surface area contributed by atoms with Gasteiger partial charge in [0.1, 0.15) is 5.78 Å². The third-order valence-corrected chi connectivity index (χ3v) is 3.67. The Labute approximate surface area is 89.5 Å². The normalized spacial score (nSPS) is 25.6. The number of nitrogens with zero attached hydrogens (tertiary/aromatic N) is 2. The van der Waals surface area contributed by atoms with Crippen molar-refractivity contribution >= 4 is 5.78 Å². The van der Waals surface area contributed by atoms with Gasteiger partial charge in [0, 0.05) is 24.6 Å². The molecule has 0 radical (unpaired) electrons. The van der Waals surface area contributed by atoms with Crippen molar-refractivity contribution in [2.45, 2.75) is 51.0 Å². The maximum absolute atomic E-state index is 11.3. The minimum Gasteiger partial charge on any atom is -0.331 e. The average Bonchev–Trinajstić information content (AvgIpc) is 2.83. The first-order chi connectivity index (χ1) is 7.34. The van der Waals surface area contributed by atoms with E-state index in [0.717, 1.165) is 32.1 Å². The third kappa shape index (κ3) is 1.50. The molecular formula is C12H16N2O. The summed E-state index contributed by atoms with van der Waals surface area (Å²) >= 11 is 0. The number of hydrogen-bond donors (Lipinski definition) is 0. The van der Waals surface area contributed by atoms with E-state index in [1.807, 2.05) is 6.33 Å². The first-order valence-electron chi connectivity index (χ1n) is 5.91. The summed E-state index contributed by atoms with van der Waals surface area (Å²) in [6, 6.07) is 0.409. The maximum atomic E-state index is 11.3. The molecule has 1 fully saturated rings. The Kier molecular flexibility index (Phi) is 2.11. The van der Waals surface area contributed by atoms with Gasteiger partial charge in [-0.05, 0) is 32.1 Å². The highest BCUT2D eigenvalue weighted by Crippen LogP contribution is 2.31. The molecule has 1 aromatic rings. The molecule has 0 aromatic carbocycles. The Morgan fingerprint density at radius 1 is 1.27 bits per heavy atom. The van der Waals surface area contributed by atoms with Crippen molar-refractivity contribution in [2.24, 2.45) is 0 Å². The summed E-state index contributed by atoms with van der Waals surface area (Å²) in [5, 5.41) is 0. The van der Waals surface area contributed by atoms with Crippen LogP contribution in [-0.4, -0.2) is 15.3 Å². The molecule has 1 unspecified atom stereocenters. The second-order valence-corrected chi connectivity index (χ2v) is 4.69. The monoisotopic (exact) mass is 204 g/mol. The zero-order valence-electron chi connectivity index (χ0n) is 8.91. The van der Waals surface area contributed by atoms with E-state index in [9.17, 15) is 4.79 Å². The summed E-state index contributed by atoms with van der Waals surface area (Å²) in [7, 11) is 0. The van der Waals surface area contributed by atoms with Crippen LogP contribution in [0.5, 0.6) is 0 Å². The Morgan fingerprint density at radius 2 is 2.13 bits per heavy atom. The minimum atomic E-state index is 0.409. The molecule has 1 atom stereocenters. The fourth-order valence-electron chi connectivity index (χ4n) is 2.84. The summed E-state index contributed by atoms with van der Waals surface area (Å²) in [5.41, 5.74) is 2.68. The Balaban J connectivity index is 1.91. The first kappa shape index (κ1) is 9.13. The molecule has 0 aliphatic heterocycles. The molecule has 0 spiro atoms. The zero-order chi connectivity index (χ0) is 10.3. The predicted molar refractivity (Wildman–Crippen MR) is 56.8 cm³/mol. The van der Waals surface area contributed by atoms with Gasteiger partial charge in [-0.1, -0.05) is 0 Å². The van der Waals surface area contributed by atoms with Crippen LogP contribution in [0.4, 0.5) is 0 Å². The van der Waals surface area contributed by atoms with Crippen LogP contribution in [0.2, 0.25) is 0 Å². The van der Waals surface area contributed by atoms with Crippen LogP contribution in [0.25, 0.3) is 0 Å². The number of fused-ring (bicyclic) bond motifs is 1. The number of aryl methyl sites for hydroxylation is 1. The number of aromatic nitrogens is 2. The molecule has 80 valence electrons. The number of carbonyl (C=O) groups excluding carboxylic acids is 1. The van der Waals surface area contributed by atoms with E-state index in [1.165, 1.54) is 24.2 Å². The number of carbonyl (C=O) groups is 1. The van der Waals surface area contributed by atoms with Gasteiger partial charge < -0.3 is 4.57 Å². The molecule has 1 saturated carbocycles. The van der Waals surface area contributed by atoms with E-state index in [0.29, 0.717) is 11.8 Å². The van der Waals surface area contributed by atoms with Crippen molar-refractivity contribution in [3.05, 3.63) is 17.7 Å². The van der Waals surface area contributed by atoms with Gasteiger partial charge in [-0.25, -0.2) is 4.98 Å². The zero-order valence-corrected chi connectivity index (χ0v) is 8.91. The molecule has 15 heavy (non-hydrogen) atoms. The van der Waals surface area contributed by atoms with Crippen molar-refractivity contribution < 1.29 is 4.79 Å².